The van der Waals surface area contributed by atoms with Crippen LogP contribution in [0.2, 0.25) is 0 Å². The third kappa shape index (κ3) is 2.21. The first-order chi connectivity index (χ1) is 8.13. The number of aromatic carboxylic acids is 1. The number of carboxylic acid groups (broad SMARTS) is 1. The van der Waals surface area contributed by atoms with Gasteiger partial charge < -0.3 is 10.1 Å². The Morgan fingerprint density at radius 2 is 2.29 bits per heavy atom. The summed E-state index contributed by atoms with van der Waals surface area (Å²) in [5, 5.41) is 8.86. The predicted octanol–water partition coefficient (Wildman–Crippen LogP) is 1.39. The van der Waals surface area contributed by atoms with E-state index in [1.54, 1.807) is 22.4 Å². The van der Waals surface area contributed by atoms with Gasteiger partial charge in [-0.1, -0.05) is 0 Å². The normalized spacial score (nSPS) is 10.9. The number of nitrogens with zero attached hydrogens (tertiary/aromatic N) is 1. The molecule has 0 atom stereocenters. The molecule has 2 N–H and O–H groups in total. The molecule has 2 aromatic rings. The second kappa shape index (κ2) is 4.67. The monoisotopic (exact) mass is 252 g/mol. The lowest BCUT2D eigenvalue weighted by molar-refractivity contribution is 0.0697. The molecule has 0 spiro atoms. The molecule has 0 aliphatic carbocycles. The molecule has 0 unspecified atom stereocenters. The Morgan fingerprint density at radius 1 is 1.53 bits per heavy atom. The quantitative estimate of drug-likeness (QED) is 0.862. The van der Waals surface area contributed by atoms with E-state index in [1.807, 2.05) is 6.26 Å². The van der Waals surface area contributed by atoms with Gasteiger partial charge in [0.2, 0.25) is 0 Å². The van der Waals surface area contributed by atoms with Crippen molar-refractivity contribution < 1.29 is 9.90 Å². The molecule has 90 valence electrons. The van der Waals surface area contributed by atoms with Crippen LogP contribution in [0.4, 0.5) is 0 Å². The van der Waals surface area contributed by atoms with E-state index in [0.717, 1.165) is 11.3 Å². The maximum Gasteiger partial charge on any atom is 0.335 e. The first-order valence-corrected chi connectivity index (χ1v) is 6.47. The highest BCUT2D eigenvalue weighted by molar-refractivity contribution is 7.98. The molecule has 0 aliphatic rings. The molecule has 0 saturated carbocycles. The summed E-state index contributed by atoms with van der Waals surface area (Å²) in [5.74, 6) is -0.155. The van der Waals surface area contributed by atoms with Crippen LogP contribution in [0, 0.1) is 0 Å². The minimum atomic E-state index is -0.996. The van der Waals surface area contributed by atoms with Crippen molar-refractivity contribution in [1.82, 2.24) is 9.55 Å². The highest BCUT2D eigenvalue weighted by Crippen LogP contribution is 2.13. The maximum absolute atomic E-state index is 11.7. The van der Waals surface area contributed by atoms with Crippen LogP contribution in [0.5, 0.6) is 0 Å². The molecule has 1 aromatic heterocycles. The van der Waals surface area contributed by atoms with E-state index in [4.69, 9.17) is 5.11 Å². The fourth-order valence-electron chi connectivity index (χ4n) is 1.70. The van der Waals surface area contributed by atoms with Gasteiger partial charge in [-0.3, -0.25) is 4.57 Å². The number of aryl methyl sites for hydroxylation is 1. The van der Waals surface area contributed by atoms with Crippen LogP contribution >= 0.6 is 11.8 Å². The van der Waals surface area contributed by atoms with Crippen LogP contribution in [0.25, 0.3) is 11.0 Å². The Balaban J connectivity index is 2.52. The van der Waals surface area contributed by atoms with Crippen LogP contribution in [0.1, 0.15) is 10.4 Å². The first-order valence-electron chi connectivity index (χ1n) is 5.08. The number of carboxylic acids is 1. The smallest absolute Gasteiger partial charge is 0.335 e. The van der Waals surface area contributed by atoms with Gasteiger partial charge in [0.05, 0.1) is 16.6 Å². The molecule has 1 aromatic carbocycles. The standard InChI is InChI=1S/C11H12N2O3S/c1-17-5-4-13-9-3-2-7(10(14)15)6-8(9)12-11(13)16/h2-3,6H,4-5H2,1H3,(H,12,16)(H,14,15). The minimum absolute atomic E-state index is 0.177. The van der Waals surface area contributed by atoms with Crippen molar-refractivity contribution in [3.63, 3.8) is 0 Å². The fourth-order valence-corrected chi connectivity index (χ4v) is 2.07. The summed E-state index contributed by atoms with van der Waals surface area (Å²) in [6.45, 7) is 0.617. The average Bonchev–Trinajstić information content (AvgIpc) is 2.61. The van der Waals surface area contributed by atoms with Crippen molar-refractivity contribution in [1.29, 1.82) is 0 Å². The van der Waals surface area contributed by atoms with Crippen molar-refractivity contribution in [2.24, 2.45) is 0 Å². The number of nitrogens with one attached hydrogen (secondary N) is 1. The molecular formula is C11H12N2O3S. The second-order valence-electron chi connectivity index (χ2n) is 3.61. The van der Waals surface area contributed by atoms with Gasteiger partial charge in [-0.15, -0.1) is 0 Å². The van der Waals surface area contributed by atoms with Gasteiger partial charge in [-0.05, 0) is 24.5 Å². The van der Waals surface area contributed by atoms with Crippen LogP contribution in [-0.2, 0) is 6.54 Å². The molecule has 17 heavy (non-hydrogen) atoms. The number of aromatic amines is 1. The minimum Gasteiger partial charge on any atom is -0.478 e. The molecule has 1 heterocycles. The number of rotatable bonds is 4. The number of hydrogen-bond acceptors (Lipinski definition) is 3. The molecule has 0 amide bonds. The highest BCUT2D eigenvalue weighted by Gasteiger charge is 2.09. The van der Waals surface area contributed by atoms with Gasteiger partial charge in [0, 0.05) is 12.3 Å². The summed E-state index contributed by atoms with van der Waals surface area (Å²) >= 11 is 1.66. The largest absolute Gasteiger partial charge is 0.478 e. The molecule has 0 saturated heterocycles. The molecule has 0 bridgehead atoms. The van der Waals surface area contributed by atoms with E-state index in [9.17, 15) is 9.59 Å². The van der Waals surface area contributed by atoms with Crippen LogP contribution in [0.15, 0.2) is 23.0 Å². The van der Waals surface area contributed by atoms with Gasteiger partial charge in [-0.2, -0.15) is 11.8 Å². The lowest BCUT2D eigenvalue weighted by Crippen LogP contribution is -2.17. The third-order valence-electron chi connectivity index (χ3n) is 2.54. The molecule has 2 rings (SSSR count). The lowest BCUT2D eigenvalue weighted by Gasteiger charge is -2.01. The van der Waals surface area contributed by atoms with Crippen LogP contribution in [0.3, 0.4) is 0 Å². The number of hydrogen-bond donors (Lipinski definition) is 2. The van der Waals surface area contributed by atoms with Crippen molar-refractivity contribution in [3.05, 3.63) is 34.2 Å². The van der Waals surface area contributed by atoms with Gasteiger partial charge in [-0.25, -0.2) is 9.59 Å². The Morgan fingerprint density at radius 3 is 2.94 bits per heavy atom. The van der Waals surface area contributed by atoms with E-state index >= 15 is 0 Å². The van der Waals surface area contributed by atoms with Crippen molar-refractivity contribution >= 4 is 28.8 Å². The Kier molecular flexibility index (Phi) is 3.23. The number of carbonyl (C=O) groups is 1. The fraction of sp³-hybridized carbons (Fsp3) is 0.273. The van der Waals surface area contributed by atoms with Gasteiger partial charge >= 0.3 is 11.7 Å². The van der Waals surface area contributed by atoms with Crippen LogP contribution < -0.4 is 5.69 Å². The van der Waals surface area contributed by atoms with E-state index < -0.39 is 5.97 Å². The zero-order valence-corrected chi connectivity index (χ0v) is 10.1. The topological polar surface area (TPSA) is 75.1 Å². The first kappa shape index (κ1) is 11.8. The summed E-state index contributed by atoms with van der Waals surface area (Å²) in [7, 11) is 0. The summed E-state index contributed by atoms with van der Waals surface area (Å²) in [4.78, 5) is 25.1. The molecule has 0 fully saturated rings. The van der Waals surface area contributed by atoms with Crippen molar-refractivity contribution in [2.45, 2.75) is 6.54 Å². The third-order valence-corrected chi connectivity index (χ3v) is 3.13. The van der Waals surface area contributed by atoms with Gasteiger partial charge in [0.25, 0.3) is 0 Å². The van der Waals surface area contributed by atoms with E-state index in [2.05, 4.69) is 4.98 Å². The maximum atomic E-state index is 11.7. The molecule has 5 nitrogen and oxygen atoms in total. The SMILES string of the molecule is CSCCn1c(=O)[nH]c2cc(C(=O)O)ccc21. The van der Waals surface area contributed by atoms with Crippen molar-refractivity contribution in [2.75, 3.05) is 12.0 Å². The number of fused-ring (bicyclic) bond motifs is 1. The van der Waals surface area contributed by atoms with Crippen molar-refractivity contribution in [3.8, 4) is 0 Å². The van der Waals surface area contributed by atoms with E-state index in [0.29, 0.717) is 12.1 Å². The lowest BCUT2D eigenvalue weighted by atomic mass is 10.2. The zero-order chi connectivity index (χ0) is 12.4. The molecule has 6 heteroatoms. The van der Waals surface area contributed by atoms with E-state index in [1.165, 1.54) is 12.1 Å². The Hall–Kier alpha value is -1.69. The van der Waals surface area contributed by atoms with Gasteiger partial charge in [0.1, 0.15) is 0 Å². The summed E-state index contributed by atoms with van der Waals surface area (Å²) < 4.78 is 1.62. The number of benzene rings is 1. The zero-order valence-electron chi connectivity index (χ0n) is 9.27. The number of aromatic nitrogens is 2. The predicted molar refractivity (Wildman–Crippen MR) is 67.9 cm³/mol. The molecular weight excluding hydrogens is 240 g/mol. The highest BCUT2D eigenvalue weighted by atomic mass is 32.2. The van der Waals surface area contributed by atoms with E-state index in [-0.39, 0.29) is 11.3 Å². The molecule has 0 radical (unpaired) electrons. The number of H-pyrrole nitrogens is 1. The average molecular weight is 252 g/mol. The summed E-state index contributed by atoms with van der Waals surface area (Å²) in [6, 6.07) is 4.65. The second-order valence-corrected chi connectivity index (χ2v) is 4.60. The summed E-state index contributed by atoms with van der Waals surface area (Å²) in [6.07, 6.45) is 1.97. The Labute approximate surface area is 101 Å². The number of thioether (sulfide) groups is 1. The Bertz CT molecular complexity index is 615. The van der Waals surface area contributed by atoms with Crippen LogP contribution in [-0.4, -0.2) is 32.6 Å². The van der Waals surface area contributed by atoms with Gasteiger partial charge in [0.15, 0.2) is 0 Å². The molecule has 0 aliphatic heterocycles. The number of imidazole rings is 1. The summed E-state index contributed by atoms with van der Waals surface area (Å²) in [5.41, 5.74) is 1.29.